The molecule has 28 heavy (non-hydrogen) atoms. The molecule has 0 bridgehead atoms. The van der Waals surface area contributed by atoms with Crippen LogP contribution in [-0.4, -0.2) is 32.2 Å². The molecule has 146 valence electrons. The number of nitrogens with zero attached hydrogens (tertiary/aromatic N) is 4. The minimum atomic E-state index is -4.32. The Morgan fingerprint density at radius 1 is 1.14 bits per heavy atom. The number of hydrogen-bond donors (Lipinski definition) is 0. The molecule has 0 saturated carbocycles. The number of aromatic nitrogens is 3. The van der Waals surface area contributed by atoms with E-state index in [-0.39, 0.29) is 0 Å². The number of hydrogen-bond acceptors (Lipinski definition) is 4. The van der Waals surface area contributed by atoms with E-state index in [0.717, 1.165) is 59.4 Å². The number of fused-ring (bicyclic) bond motifs is 1. The molecule has 0 spiro atoms. The molecular formula is C20H19F3N4S. The SMILES string of the molecule is CSc1ncc2c(n1)CCN(Cc1cccn1-c1ccc(C(F)(F)F)cc1)C2. The Balaban J connectivity index is 1.51. The van der Waals surface area contributed by atoms with Gasteiger partial charge in [-0.15, -0.1) is 0 Å². The van der Waals surface area contributed by atoms with Crippen molar-refractivity contribution in [2.75, 3.05) is 12.8 Å². The highest BCUT2D eigenvalue weighted by Crippen LogP contribution is 2.30. The van der Waals surface area contributed by atoms with Gasteiger partial charge in [-0.25, -0.2) is 9.97 Å². The molecule has 3 heterocycles. The summed E-state index contributed by atoms with van der Waals surface area (Å²) < 4.78 is 40.3. The third-order valence-electron chi connectivity index (χ3n) is 4.87. The van der Waals surface area contributed by atoms with Crippen LogP contribution in [0, 0.1) is 0 Å². The molecule has 1 aromatic carbocycles. The van der Waals surface area contributed by atoms with Crippen molar-refractivity contribution in [1.29, 1.82) is 0 Å². The van der Waals surface area contributed by atoms with Crippen LogP contribution in [0.4, 0.5) is 13.2 Å². The molecule has 0 aliphatic carbocycles. The summed E-state index contributed by atoms with van der Waals surface area (Å²) in [6, 6.07) is 9.18. The Morgan fingerprint density at radius 3 is 2.64 bits per heavy atom. The predicted octanol–water partition coefficient (Wildman–Crippen LogP) is 4.57. The second-order valence-electron chi connectivity index (χ2n) is 6.70. The van der Waals surface area contributed by atoms with Gasteiger partial charge in [-0.05, 0) is 42.7 Å². The van der Waals surface area contributed by atoms with E-state index in [4.69, 9.17) is 0 Å². The van der Waals surface area contributed by atoms with Crippen molar-refractivity contribution in [3.8, 4) is 5.69 Å². The van der Waals surface area contributed by atoms with E-state index in [2.05, 4.69) is 14.9 Å². The summed E-state index contributed by atoms with van der Waals surface area (Å²) >= 11 is 1.54. The molecule has 1 aliphatic rings. The number of rotatable bonds is 4. The highest BCUT2D eigenvalue weighted by Gasteiger charge is 2.30. The smallest absolute Gasteiger partial charge is 0.320 e. The zero-order valence-corrected chi connectivity index (χ0v) is 16.1. The molecule has 4 rings (SSSR count). The third kappa shape index (κ3) is 3.93. The maximum atomic E-state index is 12.8. The molecule has 0 N–H and O–H groups in total. The quantitative estimate of drug-likeness (QED) is 0.471. The third-order valence-corrected chi connectivity index (χ3v) is 5.43. The van der Waals surface area contributed by atoms with Crippen LogP contribution in [0.5, 0.6) is 0 Å². The molecule has 8 heteroatoms. The van der Waals surface area contributed by atoms with Crippen molar-refractivity contribution >= 4 is 11.8 Å². The van der Waals surface area contributed by atoms with Crippen LogP contribution >= 0.6 is 11.8 Å². The van der Waals surface area contributed by atoms with Crippen molar-refractivity contribution < 1.29 is 13.2 Å². The van der Waals surface area contributed by atoms with Crippen LogP contribution in [0.15, 0.2) is 53.9 Å². The van der Waals surface area contributed by atoms with E-state index >= 15 is 0 Å². The monoisotopic (exact) mass is 404 g/mol. The zero-order valence-electron chi connectivity index (χ0n) is 15.3. The van der Waals surface area contributed by atoms with E-state index < -0.39 is 11.7 Å². The van der Waals surface area contributed by atoms with Crippen LogP contribution in [-0.2, 0) is 25.7 Å². The average Bonchev–Trinajstić information content (AvgIpc) is 3.15. The Kier molecular flexibility index (Phi) is 5.16. The van der Waals surface area contributed by atoms with Crippen LogP contribution in [0.3, 0.4) is 0 Å². The highest BCUT2D eigenvalue weighted by molar-refractivity contribution is 7.98. The first kappa shape index (κ1) is 19.0. The van der Waals surface area contributed by atoms with Crippen molar-refractivity contribution in [2.24, 2.45) is 0 Å². The number of thioether (sulfide) groups is 1. The Morgan fingerprint density at radius 2 is 1.93 bits per heavy atom. The van der Waals surface area contributed by atoms with Gasteiger partial charge < -0.3 is 4.57 Å². The maximum Gasteiger partial charge on any atom is 0.416 e. The fourth-order valence-electron chi connectivity index (χ4n) is 3.43. The second-order valence-corrected chi connectivity index (χ2v) is 7.48. The first-order valence-corrected chi connectivity index (χ1v) is 10.1. The van der Waals surface area contributed by atoms with Gasteiger partial charge in [0.2, 0.25) is 0 Å². The predicted molar refractivity (Wildman–Crippen MR) is 102 cm³/mol. The fraction of sp³-hybridized carbons (Fsp3) is 0.300. The molecule has 0 amide bonds. The van der Waals surface area contributed by atoms with E-state index in [1.54, 1.807) is 0 Å². The lowest BCUT2D eigenvalue weighted by molar-refractivity contribution is -0.137. The topological polar surface area (TPSA) is 34.0 Å². The molecular weight excluding hydrogens is 385 g/mol. The Hall–Kier alpha value is -2.32. The molecule has 2 aromatic heterocycles. The standard InChI is InChI=1S/C20H19F3N4S/c1-28-19-24-11-14-12-26(10-8-18(14)25-19)13-17-3-2-9-27(17)16-6-4-15(5-7-16)20(21,22)23/h2-7,9,11H,8,10,12-13H2,1H3. The largest absolute Gasteiger partial charge is 0.416 e. The molecule has 0 atom stereocenters. The van der Waals surface area contributed by atoms with Crippen molar-refractivity contribution in [3.63, 3.8) is 0 Å². The summed E-state index contributed by atoms with van der Waals surface area (Å²) in [6.07, 6.45) is 2.29. The second kappa shape index (κ2) is 7.60. The van der Waals surface area contributed by atoms with Gasteiger partial charge >= 0.3 is 6.18 Å². The minimum absolute atomic E-state index is 0.637. The number of halogens is 3. The first-order chi connectivity index (χ1) is 13.4. The van der Waals surface area contributed by atoms with Crippen LogP contribution < -0.4 is 0 Å². The first-order valence-electron chi connectivity index (χ1n) is 8.89. The summed E-state index contributed by atoms with van der Waals surface area (Å²) in [5.74, 6) is 0. The van der Waals surface area contributed by atoms with Gasteiger partial charge in [0.1, 0.15) is 0 Å². The van der Waals surface area contributed by atoms with Crippen LogP contribution in [0.2, 0.25) is 0 Å². The van der Waals surface area contributed by atoms with Crippen molar-refractivity contribution in [1.82, 2.24) is 19.4 Å². The molecule has 3 aromatic rings. The van der Waals surface area contributed by atoms with E-state index in [0.29, 0.717) is 6.54 Å². The molecule has 1 aliphatic heterocycles. The van der Waals surface area contributed by atoms with Gasteiger partial charge in [0, 0.05) is 55.4 Å². The maximum absolute atomic E-state index is 12.8. The van der Waals surface area contributed by atoms with Crippen LogP contribution in [0.25, 0.3) is 5.69 Å². The average molecular weight is 404 g/mol. The molecule has 0 radical (unpaired) electrons. The zero-order chi connectivity index (χ0) is 19.7. The summed E-state index contributed by atoms with van der Waals surface area (Å²) in [5.41, 5.74) is 3.36. The fourth-order valence-corrected chi connectivity index (χ4v) is 3.79. The normalized spacial score (nSPS) is 14.9. The summed E-state index contributed by atoms with van der Waals surface area (Å²) in [6.45, 7) is 2.36. The van der Waals surface area contributed by atoms with Gasteiger partial charge in [-0.1, -0.05) is 11.8 Å². The van der Waals surface area contributed by atoms with Gasteiger partial charge in [-0.2, -0.15) is 13.2 Å². The van der Waals surface area contributed by atoms with E-state index in [1.807, 2.05) is 35.3 Å². The Labute approximate surface area is 165 Å². The summed E-state index contributed by atoms with van der Waals surface area (Å²) in [4.78, 5) is 11.3. The summed E-state index contributed by atoms with van der Waals surface area (Å²) in [5, 5.41) is 0.795. The highest BCUT2D eigenvalue weighted by atomic mass is 32.2. The Bertz CT molecular complexity index is 966. The molecule has 4 nitrogen and oxygen atoms in total. The lowest BCUT2D eigenvalue weighted by atomic mass is 10.1. The lowest BCUT2D eigenvalue weighted by Gasteiger charge is -2.28. The van der Waals surface area contributed by atoms with Gasteiger partial charge in [0.05, 0.1) is 11.3 Å². The van der Waals surface area contributed by atoms with E-state index in [1.165, 1.54) is 23.9 Å². The molecule has 0 fully saturated rings. The number of alkyl halides is 3. The van der Waals surface area contributed by atoms with Crippen molar-refractivity contribution in [3.05, 3.63) is 71.3 Å². The molecule has 0 saturated heterocycles. The summed E-state index contributed by atoms with van der Waals surface area (Å²) in [7, 11) is 0. The van der Waals surface area contributed by atoms with Crippen molar-refractivity contribution in [2.45, 2.75) is 30.8 Å². The lowest BCUT2D eigenvalue weighted by Crippen LogP contribution is -2.31. The van der Waals surface area contributed by atoms with E-state index in [9.17, 15) is 13.2 Å². The van der Waals surface area contributed by atoms with Gasteiger partial charge in [0.15, 0.2) is 5.16 Å². The van der Waals surface area contributed by atoms with Crippen LogP contribution in [0.1, 0.15) is 22.5 Å². The molecule has 0 unspecified atom stereocenters. The van der Waals surface area contributed by atoms with Gasteiger partial charge in [0.25, 0.3) is 0 Å². The van der Waals surface area contributed by atoms with Gasteiger partial charge in [-0.3, -0.25) is 4.90 Å². The minimum Gasteiger partial charge on any atom is -0.320 e. The number of benzene rings is 1.